The summed E-state index contributed by atoms with van der Waals surface area (Å²) in [5.41, 5.74) is 0.0243. The molecule has 6 nitrogen and oxygen atoms in total. The quantitative estimate of drug-likeness (QED) is 0.669. The minimum Gasteiger partial charge on any atom is -0.378 e. The molecule has 0 amide bonds. The molecular weight excluding hydrogens is 246 g/mol. The van der Waals surface area contributed by atoms with Crippen LogP contribution in [0, 0.1) is 16.0 Å². The molecule has 1 aliphatic carbocycles. The second-order valence-corrected chi connectivity index (χ2v) is 5.20. The van der Waals surface area contributed by atoms with Crippen LogP contribution in [0.5, 0.6) is 0 Å². The van der Waals surface area contributed by atoms with Gasteiger partial charge in [0.15, 0.2) is 0 Å². The number of pyridine rings is 1. The molecule has 1 aromatic heterocycles. The van der Waals surface area contributed by atoms with Crippen LogP contribution in [0.25, 0.3) is 0 Å². The summed E-state index contributed by atoms with van der Waals surface area (Å²) in [5.74, 6) is 1.26. The lowest BCUT2D eigenvalue weighted by Gasteiger charge is -2.33. The fraction of sp³-hybridized carbons (Fsp3) is 0.615. The number of rotatable bonds is 3. The summed E-state index contributed by atoms with van der Waals surface area (Å²) in [5, 5.41) is 14.0. The van der Waals surface area contributed by atoms with Gasteiger partial charge in [-0.2, -0.15) is 0 Å². The molecule has 3 unspecified atom stereocenters. The highest BCUT2D eigenvalue weighted by molar-refractivity contribution is 5.41. The van der Waals surface area contributed by atoms with Crippen molar-refractivity contribution in [2.45, 2.75) is 37.8 Å². The van der Waals surface area contributed by atoms with Crippen molar-refractivity contribution < 1.29 is 9.66 Å². The first-order valence-electron chi connectivity index (χ1n) is 6.72. The zero-order valence-electron chi connectivity index (χ0n) is 10.6. The second-order valence-electron chi connectivity index (χ2n) is 5.20. The number of nitrogens with one attached hydrogen (secondary N) is 1. The van der Waals surface area contributed by atoms with E-state index in [4.69, 9.17) is 4.74 Å². The Labute approximate surface area is 111 Å². The molecule has 3 atom stereocenters. The lowest BCUT2D eigenvalue weighted by Crippen LogP contribution is -2.38. The smallest absolute Gasteiger partial charge is 0.287 e. The van der Waals surface area contributed by atoms with Gasteiger partial charge in [0.1, 0.15) is 12.0 Å². The third-order valence-corrected chi connectivity index (χ3v) is 4.07. The van der Waals surface area contributed by atoms with Crippen molar-refractivity contribution in [3.05, 3.63) is 28.4 Å². The van der Waals surface area contributed by atoms with E-state index in [9.17, 15) is 10.1 Å². The fourth-order valence-corrected chi connectivity index (χ4v) is 3.12. The van der Waals surface area contributed by atoms with Gasteiger partial charge in [0.25, 0.3) is 5.69 Å². The molecule has 19 heavy (non-hydrogen) atoms. The van der Waals surface area contributed by atoms with Gasteiger partial charge in [0, 0.05) is 24.6 Å². The lowest BCUT2D eigenvalue weighted by atomic mass is 9.82. The molecule has 2 heterocycles. The molecule has 2 aliphatic rings. The van der Waals surface area contributed by atoms with Crippen molar-refractivity contribution in [2.24, 2.45) is 5.92 Å². The number of ether oxygens (including phenoxy) is 1. The van der Waals surface area contributed by atoms with Gasteiger partial charge in [-0.1, -0.05) is 0 Å². The minimum atomic E-state index is -0.432. The van der Waals surface area contributed by atoms with Gasteiger partial charge in [0.2, 0.25) is 0 Å². The first-order valence-corrected chi connectivity index (χ1v) is 6.72. The van der Waals surface area contributed by atoms with Gasteiger partial charge in [-0.3, -0.25) is 10.1 Å². The van der Waals surface area contributed by atoms with Gasteiger partial charge in [-0.25, -0.2) is 4.98 Å². The fourth-order valence-electron chi connectivity index (χ4n) is 3.12. The van der Waals surface area contributed by atoms with Crippen molar-refractivity contribution >= 4 is 11.5 Å². The van der Waals surface area contributed by atoms with Crippen molar-refractivity contribution in [3.8, 4) is 0 Å². The number of aromatic nitrogens is 1. The third kappa shape index (κ3) is 2.53. The zero-order chi connectivity index (χ0) is 13.2. The highest BCUT2D eigenvalue weighted by Gasteiger charge is 2.37. The van der Waals surface area contributed by atoms with Crippen LogP contribution in [0.2, 0.25) is 0 Å². The summed E-state index contributed by atoms with van der Waals surface area (Å²) >= 11 is 0. The van der Waals surface area contributed by atoms with Crippen LogP contribution in [0.3, 0.4) is 0 Å². The molecule has 1 N–H and O–H groups in total. The standard InChI is InChI=1S/C13H17N3O3/c17-16(18)9-4-5-13(14-8-9)15-11-2-1-3-12-10(11)6-7-19-12/h4-5,8,10-12H,1-3,6-7H2,(H,14,15). The van der Waals surface area contributed by atoms with Crippen LogP contribution in [-0.2, 0) is 4.74 Å². The summed E-state index contributed by atoms with van der Waals surface area (Å²) in [6.45, 7) is 0.848. The maximum atomic E-state index is 10.6. The predicted molar refractivity (Wildman–Crippen MR) is 70.0 cm³/mol. The number of nitro groups is 1. The summed E-state index contributed by atoms with van der Waals surface area (Å²) in [6.07, 6.45) is 6.19. The Balaban J connectivity index is 1.68. The van der Waals surface area contributed by atoms with E-state index in [1.54, 1.807) is 6.07 Å². The Bertz CT molecular complexity index is 463. The van der Waals surface area contributed by atoms with E-state index in [1.807, 2.05) is 0 Å². The molecule has 0 spiro atoms. The topological polar surface area (TPSA) is 77.3 Å². The van der Waals surface area contributed by atoms with E-state index >= 15 is 0 Å². The van der Waals surface area contributed by atoms with Crippen LogP contribution in [-0.4, -0.2) is 28.7 Å². The van der Waals surface area contributed by atoms with Crippen molar-refractivity contribution in [3.63, 3.8) is 0 Å². The van der Waals surface area contributed by atoms with Crippen LogP contribution in [0.4, 0.5) is 11.5 Å². The Morgan fingerprint density at radius 2 is 2.26 bits per heavy atom. The molecule has 0 radical (unpaired) electrons. The summed E-state index contributed by atoms with van der Waals surface area (Å²) in [4.78, 5) is 14.3. The Kier molecular flexibility index (Phi) is 3.33. The molecule has 1 aromatic rings. The average molecular weight is 263 g/mol. The van der Waals surface area contributed by atoms with Crippen LogP contribution in [0.15, 0.2) is 18.3 Å². The SMILES string of the molecule is O=[N+]([O-])c1ccc(NC2CCCC3OCCC23)nc1. The molecule has 1 saturated carbocycles. The van der Waals surface area contributed by atoms with Gasteiger partial charge in [0.05, 0.1) is 11.0 Å². The van der Waals surface area contributed by atoms with Gasteiger partial charge < -0.3 is 10.1 Å². The monoisotopic (exact) mass is 263 g/mol. The predicted octanol–water partition coefficient (Wildman–Crippen LogP) is 2.36. The van der Waals surface area contributed by atoms with E-state index in [1.165, 1.54) is 12.3 Å². The Hall–Kier alpha value is -1.69. The Morgan fingerprint density at radius 1 is 1.37 bits per heavy atom. The number of nitrogens with zero attached hydrogens (tertiary/aromatic N) is 2. The highest BCUT2D eigenvalue weighted by Crippen LogP contribution is 2.35. The van der Waals surface area contributed by atoms with E-state index in [2.05, 4.69) is 10.3 Å². The molecule has 6 heteroatoms. The molecule has 3 rings (SSSR count). The Morgan fingerprint density at radius 3 is 3.00 bits per heavy atom. The minimum absolute atomic E-state index is 0.0243. The first kappa shape index (κ1) is 12.3. The van der Waals surface area contributed by atoms with Crippen molar-refractivity contribution in [1.82, 2.24) is 4.98 Å². The first-order chi connectivity index (χ1) is 9.24. The molecule has 0 bridgehead atoms. The van der Waals surface area contributed by atoms with E-state index in [-0.39, 0.29) is 5.69 Å². The normalized spacial score (nSPS) is 29.8. The van der Waals surface area contributed by atoms with E-state index in [0.29, 0.717) is 23.9 Å². The maximum absolute atomic E-state index is 10.6. The maximum Gasteiger partial charge on any atom is 0.287 e. The number of anilines is 1. The summed E-state index contributed by atoms with van der Waals surface area (Å²) < 4.78 is 5.73. The van der Waals surface area contributed by atoms with Gasteiger partial charge in [-0.05, 0) is 31.7 Å². The zero-order valence-corrected chi connectivity index (χ0v) is 10.6. The van der Waals surface area contributed by atoms with Gasteiger partial charge >= 0.3 is 0 Å². The molecule has 1 aliphatic heterocycles. The van der Waals surface area contributed by atoms with E-state index < -0.39 is 4.92 Å². The molecular formula is C13H17N3O3. The van der Waals surface area contributed by atoms with Crippen LogP contribution < -0.4 is 5.32 Å². The number of fused-ring (bicyclic) bond motifs is 1. The number of hydrogen-bond donors (Lipinski definition) is 1. The summed E-state index contributed by atoms with van der Waals surface area (Å²) in [6, 6.07) is 3.54. The molecule has 2 fully saturated rings. The third-order valence-electron chi connectivity index (χ3n) is 4.07. The highest BCUT2D eigenvalue weighted by atomic mass is 16.6. The lowest BCUT2D eigenvalue weighted by molar-refractivity contribution is -0.385. The number of hydrogen-bond acceptors (Lipinski definition) is 5. The van der Waals surface area contributed by atoms with Gasteiger partial charge in [-0.15, -0.1) is 0 Å². The average Bonchev–Trinajstić information content (AvgIpc) is 2.89. The summed E-state index contributed by atoms with van der Waals surface area (Å²) in [7, 11) is 0. The van der Waals surface area contributed by atoms with Crippen LogP contribution in [0.1, 0.15) is 25.7 Å². The molecule has 0 aromatic carbocycles. The largest absolute Gasteiger partial charge is 0.378 e. The van der Waals surface area contributed by atoms with E-state index in [0.717, 1.165) is 32.3 Å². The van der Waals surface area contributed by atoms with Crippen LogP contribution >= 0.6 is 0 Å². The molecule has 102 valence electrons. The van der Waals surface area contributed by atoms with Crippen molar-refractivity contribution in [1.29, 1.82) is 0 Å². The van der Waals surface area contributed by atoms with Crippen molar-refractivity contribution in [2.75, 3.05) is 11.9 Å². The second kappa shape index (κ2) is 5.13. The molecule has 1 saturated heterocycles.